The lowest BCUT2D eigenvalue weighted by molar-refractivity contribution is 0.0943. The molecule has 2 nitrogen and oxygen atoms in total. The molecule has 0 heterocycles. The lowest BCUT2D eigenvalue weighted by Crippen LogP contribution is -2.30. The first-order valence-corrected chi connectivity index (χ1v) is 6.00. The van der Waals surface area contributed by atoms with Crippen molar-refractivity contribution in [1.82, 2.24) is 5.32 Å². The summed E-state index contributed by atoms with van der Waals surface area (Å²) in [5.74, 6) is -0.537. The average molecular weight is 255 g/mol. The van der Waals surface area contributed by atoms with Crippen LogP contribution >= 0.6 is 12.6 Å². The molecule has 1 rings (SSSR count). The maximum atomic E-state index is 13.6. The van der Waals surface area contributed by atoms with Crippen molar-refractivity contribution in [2.45, 2.75) is 38.5 Å². The van der Waals surface area contributed by atoms with Gasteiger partial charge in [-0.05, 0) is 45.9 Å². The second-order valence-electron chi connectivity index (χ2n) is 4.88. The monoisotopic (exact) mass is 255 g/mol. The van der Waals surface area contributed by atoms with Gasteiger partial charge in [-0.2, -0.15) is 12.6 Å². The zero-order valence-corrected chi connectivity index (χ0v) is 11.4. The van der Waals surface area contributed by atoms with Crippen LogP contribution in [0, 0.1) is 5.82 Å². The van der Waals surface area contributed by atoms with Crippen LogP contribution in [0.15, 0.2) is 18.2 Å². The van der Waals surface area contributed by atoms with Crippen LogP contribution in [0.1, 0.15) is 43.6 Å². The summed E-state index contributed by atoms with van der Waals surface area (Å²) in [6.45, 7) is 7.34. The second-order valence-corrected chi connectivity index (χ2v) is 6.00. The summed E-state index contributed by atoms with van der Waals surface area (Å²) in [6, 6.07) is 4.40. The van der Waals surface area contributed by atoms with Gasteiger partial charge in [-0.1, -0.05) is 0 Å². The van der Waals surface area contributed by atoms with Crippen LogP contribution in [-0.4, -0.2) is 11.9 Å². The molecule has 0 fully saturated rings. The molecule has 0 aromatic heterocycles. The van der Waals surface area contributed by atoms with Crippen molar-refractivity contribution >= 4 is 18.5 Å². The minimum atomic E-state index is -0.613. The standard InChI is InChI=1S/C13H18FNOS/c1-8(2)15-12(16)9-5-6-11(14)10(7-9)13(3,4)17/h5-8,17H,1-4H3,(H,15,16). The number of hydrogen-bond acceptors (Lipinski definition) is 2. The lowest BCUT2D eigenvalue weighted by Gasteiger charge is -2.19. The third-order valence-corrected chi connectivity index (χ3v) is 2.55. The van der Waals surface area contributed by atoms with Gasteiger partial charge in [-0.25, -0.2) is 4.39 Å². The third kappa shape index (κ3) is 3.73. The van der Waals surface area contributed by atoms with E-state index < -0.39 is 4.75 Å². The Bertz CT molecular complexity index is 424. The summed E-state index contributed by atoms with van der Waals surface area (Å²) < 4.78 is 13.0. The summed E-state index contributed by atoms with van der Waals surface area (Å²) in [7, 11) is 0. The Morgan fingerprint density at radius 2 is 2.00 bits per heavy atom. The number of rotatable bonds is 3. The Balaban J connectivity index is 3.09. The van der Waals surface area contributed by atoms with Gasteiger partial charge in [0.15, 0.2) is 0 Å². The number of amides is 1. The van der Waals surface area contributed by atoms with Crippen LogP contribution in [0.4, 0.5) is 4.39 Å². The van der Waals surface area contributed by atoms with Gasteiger partial charge in [0.25, 0.3) is 5.91 Å². The number of thiol groups is 1. The number of benzene rings is 1. The highest BCUT2D eigenvalue weighted by molar-refractivity contribution is 7.81. The minimum absolute atomic E-state index is 0.0556. The predicted octanol–water partition coefficient (Wildman–Crippen LogP) is 3.13. The van der Waals surface area contributed by atoms with E-state index in [4.69, 9.17) is 0 Å². The molecule has 0 spiro atoms. The Morgan fingerprint density at radius 3 is 2.47 bits per heavy atom. The molecule has 0 atom stereocenters. The summed E-state index contributed by atoms with van der Waals surface area (Å²) >= 11 is 4.33. The highest BCUT2D eigenvalue weighted by Crippen LogP contribution is 2.29. The molecule has 17 heavy (non-hydrogen) atoms. The van der Waals surface area contributed by atoms with Gasteiger partial charge in [0, 0.05) is 21.9 Å². The van der Waals surface area contributed by atoms with Crippen LogP contribution in [-0.2, 0) is 4.75 Å². The number of halogens is 1. The summed E-state index contributed by atoms with van der Waals surface area (Å²) in [4.78, 5) is 11.8. The largest absolute Gasteiger partial charge is 0.350 e. The molecule has 0 aliphatic carbocycles. The van der Waals surface area contributed by atoms with E-state index >= 15 is 0 Å². The molecule has 0 unspecified atom stereocenters. The molecule has 94 valence electrons. The topological polar surface area (TPSA) is 29.1 Å². The first kappa shape index (κ1) is 14.0. The Kier molecular flexibility index (Phi) is 4.20. The normalized spacial score (nSPS) is 11.7. The van der Waals surface area contributed by atoms with E-state index in [9.17, 15) is 9.18 Å². The van der Waals surface area contributed by atoms with Gasteiger partial charge in [-0.3, -0.25) is 4.79 Å². The molecular formula is C13H18FNOS. The molecule has 0 aliphatic rings. The molecular weight excluding hydrogens is 237 g/mol. The van der Waals surface area contributed by atoms with Crippen LogP contribution in [0.2, 0.25) is 0 Å². The fraction of sp³-hybridized carbons (Fsp3) is 0.462. The number of carbonyl (C=O) groups excluding carboxylic acids is 1. The smallest absolute Gasteiger partial charge is 0.251 e. The molecule has 1 aromatic rings. The van der Waals surface area contributed by atoms with E-state index in [2.05, 4.69) is 17.9 Å². The molecule has 1 N–H and O–H groups in total. The Hall–Kier alpha value is -1.03. The molecule has 1 amide bonds. The summed E-state index contributed by atoms with van der Waals surface area (Å²) in [6.07, 6.45) is 0. The Labute approximate surface area is 107 Å². The van der Waals surface area contributed by atoms with Crippen LogP contribution < -0.4 is 5.32 Å². The van der Waals surface area contributed by atoms with Crippen molar-refractivity contribution in [3.05, 3.63) is 35.1 Å². The van der Waals surface area contributed by atoms with E-state index in [-0.39, 0.29) is 17.8 Å². The first-order chi connectivity index (χ1) is 7.71. The maximum absolute atomic E-state index is 13.6. The Morgan fingerprint density at radius 1 is 1.41 bits per heavy atom. The van der Waals surface area contributed by atoms with Gasteiger partial charge in [0.2, 0.25) is 0 Å². The zero-order valence-electron chi connectivity index (χ0n) is 10.5. The average Bonchev–Trinajstić information content (AvgIpc) is 2.15. The van der Waals surface area contributed by atoms with E-state index in [1.807, 2.05) is 13.8 Å². The highest BCUT2D eigenvalue weighted by atomic mass is 32.1. The first-order valence-electron chi connectivity index (χ1n) is 5.55. The van der Waals surface area contributed by atoms with Crippen LogP contribution in [0.3, 0.4) is 0 Å². The minimum Gasteiger partial charge on any atom is -0.350 e. The SMILES string of the molecule is CC(C)NC(=O)c1ccc(F)c(C(C)(C)S)c1. The van der Waals surface area contributed by atoms with Crippen molar-refractivity contribution in [1.29, 1.82) is 0 Å². The summed E-state index contributed by atoms with van der Waals surface area (Å²) in [5, 5.41) is 2.77. The van der Waals surface area contributed by atoms with E-state index in [0.717, 1.165) is 0 Å². The quantitative estimate of drug-likeness (QED) is 0.798. The van der Waals surface area contributed by atoms with Crippen molar-refractivity contribution in [2.75, 3.05) is 0 Å². The van der Waals surface area contributed by atoms with Gasteiger partial charge in [-0.15, -0.1) is 0 Å². The van der Waals surface area contributed by atoms with Gasteiger partial charge >= 0.3 is 0 Å². The van der Waals surface area contributed by atoms with Crippen LogP contribution in [0.5, 0.6) is 0 Å². The van der Waals surface area contributed by atoms with E-state index in [1.54, 1.807) is 19.9 Å². The molecule has 4 heteroatoms. The molecule has 0 radical (unpaired) electrons. The van der Waals surface area contributed by atoms with Gasteiger partial charge < -0.3 is 5.32 Å². The molecule has 0 aliphatic heterocycles. The predicted molar refractivity (Wildman–Crippen MR) is 71.0 cm³/mol. The van der Waals surface area contributed by atoms with E-state index in [0.29, 0.717) is 11.1 Å². The number of nitrogens with one attached hydrogen (secondary N) is 1. The lowest BCUT2D eigenvalue weighted by atomic mass is 9.99. The second kappa shape index (κ2) is 5.08. The molecule has 1 aromatic carbocycles. The molecule has 0 saturated heterocycles. The fourth-order valence-electron chi connectivity index (χ4n) is 1.48. The summed E-state index contributed by atoms with van der Waals surface area (Å²) in [5.41, 5.74) is 0.884. The van der Waals surface area contributed by atoms with Gasteiger partial charge in [0.1, 0.15) is 5.82 Å². The number of carbonyl (C=O) groups is 1. The third-order valence-electron chi connectivity index (χ3n) is 2.31. The van der Waals surface area contributed by atoms with Crippen molar-refractivity contribution in [3.8, 4) is 0 Å². The van der Waals surface area contributed by atoms with Crippen molar-refractivity contribution < 1.29 is 9.18 Å². The highest BCUT2D eigenvalue weighted by Gasteiger charge is 2.21. The number of hydrogen-bond donors (Lipinski definition) is 2. The molecule has 0 saturated carbocycles. The van der Waals surface area contributed by atoms with Crippen LogP contribution in [0.25, 0.3) is 0 Å². The van der Waals surface area contributed by atoms with Crippen molar-refractivity contribution in [3.63, 3.8) is 0 Å². The zero-order chi connectivity index (χ0) is 13.2. The fourth-order valence-corrected chi connectivity index (χ4v) is 1.65. The maximum Gasteiger partial charge on any atom is 0.251 e. The molecule has 0 bridgehead atoms. The van der Waals surface area contributed by atoms with Crippen molar-refractivity contribution in [2.24, 2.45) is 0 Å². The van der Waals surface area contributed by atoms with E-state index in [1.165, 1.54) is 12.1 Å². The van der Waals surface area contributed by atoms with Gasteiger partial charge in [0.05, 0.1) is 0 Å².